The van der Waals surface area contributed by atoms with E-state index in [-0.39, 0.29) is 34.0 Å². The molecule has 12 heteroatoms. The molecule has 0 radical (unpaired) electrons. The summed E-state index contributed by atoms with van der Waals surface area (Å²) in [5.41, 5.74) is 1.79. The number of alkyl halides is 6. The summed E-state index contributed by atoms with van der Waals surface area (Å²) in [6.07, 6.45) is -4.46. The number of benzene rings is 3. The molecule has 0 aliphatic carbocycles. The molecule has 3 aliphatic rings. The lowest BCUT2D eigenvalue weighted by Crippen LogP contribution is -2.69. The first-order chi connectivity index (χ1) is 26.0. The topological polar surface area (TPSA) is 46.2 Å². The van der Waals surface area contributed by atoms with Crippen LogP contribution in [0.5, 0.6) is 5.75 Å². The zero-order chi connectivity index (χ0) is 41.0. The van der Waals surface area contributed by atoms with Gasteiger partial charge in [0, 0.05) is 41.6 Å². The van der Waals surface area contributed by atoms with Gasteiger partial charge in [0.15, 0.2) is 5.11 Å². The minimum atomic E-state index is -5.01. The van der Waals surface area contributed by atoms with Crippen molar-refractivity contribution in [3.8, 4) is 5.75 Å². The normalized spacial score (nSPS) is 22.1. The summed E-state index contributed by atoms with van der Waals surface area (Å²) < 4.78 is 89.3. The monoisotopic (exact) mass is 797 g/mol. The maximum atomic E-state index is 13.8. The average Bonchev–Trinajstić information content (AvgIpc) is 3.11. The van der Waals surface area contributed by atoms with Crippen LogP contribution in [0.2, 0.25) is 0 Å². The Kier molecular flexibility index (Phi) is 11.1. The van der Waals surface area contributed by atoms with Crippen LogP contribution in [0.15, 0.2) is 79.5 Å². The highest BCUT2D eigenvalue weighted by Crippen LogP contribution is 2.49. The average molecular weight is 798 g/mol. The Bertz CT molecular complexity index is 2050. The van der Waals surface area contributed by atoms with Gasteiger partial charge in [0.05, 0.1) is 36.8 Å². The number of nitrogens with one attached hydrogen (secondary N) is 2. The van der Waals surface area contributed by atoms with Crippen molar-refractivity contribution in [3.63, 3.8) is 0 Å². The summed E-state index contributed by atoms with van der Waals surface area (Å²) in [7, 11) is 1.58. The number of hydrogen-bond donors (Lipinski definition) is 2. The van der Waals surface area contributed by atoms with Gasteiger partial charge in [0.1, 0.15) is 24.4 Å². The maximum Gasteiger partial charge on any atom is 0.416 e. The van der Waals surface area contributed by atoms with Crippen molar-refractivity contribution in [1.29, 1.82) is 0 Å². The first kappa shape index (κ1) is 41.5. The fourth-order valence-electron chi connectivity index (χ4n) is 8.68. The number of ether oxygens (including phenoxy) is 1. The standard InChI is InChI=1S/C44H50F6N4OS/c1-9-27-25-54(24-26-16-29(41(2,3)4)19-30(17-26)42(5,6)7)15-13-28(27)18-38(54)39(35-12-14-51-37-11-10-34(55-8)23-36(35)37)53-40(56)52-33-21-31(43(45,46)47)20-32(22-33)44(48,49)50/h9-12,14,16-17,19-23,27-28,38-39H,1,13,15,18,24-25H2,2-8H3,(H-,52,53,56)/p+1/t27?,28?,38?,39?,54-/m1/s1. The molecule has 1 aromatic heterocycles. The van der Waals surface area contributed by atoms with Crippen molar-refractivity contribution < 1.29 is 35.6 Å². The lowest BCUT2D eigenvalue weighted by Gasteiger charge is -2.59. The van der Waals surface area contributed by atoms with Gasteiger partial charge in [0.2, 0.25) is 0 Å². The van der Waals surface area contributed by atoms with Crippen LogP contribution in [0.3, 0.4) is 0 Å². The van der Waals surface area contributed by atoms with Crippen LogP contribution in [-0.2, 0) is 29.7 Å². The van der Waals surface area contributed by atoms with Crippen molar-refractivity contribution >= 4 is 33.9 Å². The zero-order valence-electron chi connectivity index (χ0n) is 33.0. The third-order valence-corrected chi connectivity index (χ3v) is 12.0. The van der Waals surface area contributed by atoms with E-state index in [1.807, 2.05) is 24.3 Å². The lowest BCUT2D eigenvalue weighted by atomic mass is 9.70. The van der Waals surface area contributed by atoms with Gasteiger partial charge in [-0.05, 0) is 100 Å². The highest BCUT2D eigenvalue weighted by molar-refractivity contribution is 7.80. The minimum absolute atomic E-state index is 0.0962. The van der Waals surface area contributed by atoms with Crippen molar-refractivity contribution in [2.24, 2.45) is 11.8 Å². The molecule has 4 unspecified atom stereocenters. The third kappa shape index (κ3) is 8.71. The molecule has 7 rings (SSSR count). The van der Waals surface area contributed by atoms with Gasteiger partial charge in [-0.15, -0.1) is 6.58 Å². The second-order valence-electron chi connectivity index (χ2n) is 17.6. The van der Waals surface area contributed by atoms with Gasteiger partial charge in [0.25, 0.3) is 0 Å². The predicted molar refractivity (Wildman–Crippen MR) is 215 cm³/mol. The fourth-order valence-corrected chi connectivity index (χ4v) is 8.92. The Morgan fingerprint density at radius 3 is 2.05 bits per heavy atom. The van der Waals surface area contributed by atoms with Crippen LogP contribution in [-0.4, -0.2) is 40.8 Å². The number of aromatic nitrogens is 1. The second kappa shape index (κ2) is 15.0. The molecule has 2 bridgehead atoms. The maximum absolute atomic E-state index is 13.8. The van der Waals surface area contributed by atoms with Crippen molar-refractivity contribution in [1.82, 2.24) is 10.3 Å². The van der Waals surface area contributed by atoms with Crippen LogP contribution in [0.1, 0.15) is 93.8 Å². The molecule has 3 saturated heterocycles. The number of pyridine rings is 1. The summed E-state index contributed by atoms with van der Waals surface area (Å²) >= 11 is 5.79. The highest BCUT2D eigenvalue weighted by atomic mass is 32.1. The van der Waals surface area contributed by atoms with E-state index in [0.717, 1.165) is 36.9 Å². The summed E-state index contributed by atoms with van der Waals surface area (Å²) in [5.74, 6) is 1.21. The number of rotatable bonds is 8. The van der Waals surface area contributed by atoms with E-state index in [2.05, 4.69) is 88.0 Å². The van der Waals surface area contributed by atoms with Crippen LogP contribution >= 0.6 is 12.2 Å². The van der Waals surface area contributed by atoms with E-state index in [1.54, 1.807) is 13.3 Å². The number of anilines is 1. The highest BCUT2D eigenvalue weighted by Gasteiger charge is 2.54. The summed E-state index contributed by atoms with van der Waals surface area (Å²) in [5, 5.41) is 6.86. The second-order valence-corrected chi connectivity index (χ2v) is 18.0. The van der Waals surface area contributed by atoms with E-state index >= 15 is 0 Å². The predicted octanol–water partition coefficient (Wildman–Crippen LogP) is 11.5. The SMILES string of the molecule is C=CC1C[N@+]2(Cc3cc(C(C)(C)C)cc(C(C)(C)C)c3)CCC1CC2C(NC(=S)Nc1cc(C(F)(F)F)cc(C(F)(F)F)c1)c1ccnc2ccc(OC)cc12. The molecule has 0 saturated carbocycles. The minimum Gasteiger partial charge on any atom is -0.497 e. The molecule has 4 aromatic rings. The van der Waals surface area contributed by atoms with E-state index in [0.29, 0.717) is 40.3 Å². The lowest BCUT2D eigenvalue weighted by molar-refractivity contribution is -0.983. The Morgan fingerprint density at radius 1 is 0.893 bits per heavy atom. The number of methoxy groups -OCH3 is 1. The summed E-state index contributed by atoms with van der Waals surface area (Å²) in [6, 6.07) is 15.2. The van der Waals surface area contributed by atoms with Crippen LogP contribution < -0.4 is 15.4 Å². The first-order valence-corrected chi connectivity index (χ1v) is 19.3. The van der Waals surface area contributed by atoms with E-state index in [4.69, 9.17) is 17.0 Å². The first-order valence-electron chi connectivity index (χ1n) is 18.9. The molecule has 300 valence electrons. The van der Waals surface area contributed by atoms with E-state index in [9.17, 15) is 26.3 Å². The smallest absolute Gasteiger partial charge is 0.416 e. The molecule has 5 atom stereocenters. The van der Waals surface area contributed by atoms with Crippen LogP contribution in [0, 0.1) is 11.8 Å². The molecule has 0 spiro atoms. The Balaban J connectivity index is 1.49. The van der Waals surface area contributed by atoms with Crippen molar-refractivity contribution in [2.75, 3.05) is 25.5 Å². The van der Waals surface area contributed by atoms with Crippen molar-refractivity contribution in [2.45, 2.75) is 96.2 Å². The van der Waals surface area contributed by atoms with E-state index in [1.165, 1.54) is 16.7 Å². The number of nitrogens with zero attached hydrogens (tertiary/aromatic N) is 2. The summed E-state index contributed by atoms with van der Waals surface area (Å²) in [6.45, 7) is 19.9. The zero-order valence-corrected chi connectivity index (χ0v) is 33.8. The summed E-state index contributed by atoms with van der Waals surface area (Å²) in [4.78, 5) is 4.62. The quantitative estimate of drug-likeness (QED) is 0.0805. The fraction of sp³-hybridized carbons (Fsp3) is 0.455. The largest absolute Gasteiger partial charge is 0.497 e. The number of halogens is 6. The molecule has 2 N–H and O–H groups in total. The Hall–Kier alpha value is -4.16. The molecule has 0 amide bonds. The third-order valence-electron chi connectivity index (χ3n) is 11.7. The van der Waals surface area contributed by atoms with Gasteiger partial charge in [-0.3, -0.25) is 4.98 Å². The van der Waals surface area contributed by atoms with Gasteiger partial charge in [-0.2, -0.15) is 26.3 Å². The molecular weight excluding hydrogens is 747 g/mol. The van der Waals surface area contributed by atoms with Crippen LogP contribution in [0.4, 0.5) is 32.0 Å². The molecule has 3 aliphatic heterocycles. The van der Waals surface area contributed by atoms with Gasteiger partial charge >= 0.3 is 12.4 Å². The van der Waals surface area contributed by atoms with Crippen LogP contribution in [0.25, 0.3) is 10.9 Å². The molecule has 56 heavy (non-hydrogen) atoms. The van der Waals surface area contributed by atoms with Gasteiger partial charge in [-0.25, -0.2) is 0 Å². The van der Waals surface area contributed by atoms with E-state index < -0.39 is 35.2 Å². The molecule has 4 heterocycles. The molecule has 3 fully saturated rings. The number of thiocarbonyl (C=S) groups is 1. The number of fused-ring (bicyclic) bond motifs is 4. The Morgan fingerprint density at radius 2 is 1.50 bits per heavy atom. The number of hydrogen-bond acceptors (Lipinski definition) is 3. The van der Waals surface area contributed by atoms with Gasteiger partial charge in [-0.1, -0.05) is 53.7 Å². The number of quaternary nitrogens is 1. The molecule has 5 nitrogen and oxygen atoms in total. The Labute approximate surface area is 331 Å². The number of piperidine rings is 3. The van der Waals surface area contributed by atoms with Gasteiger partial charge < -0.3 is 19.9 Å². The molecular formula is C44H51F6N4OS+. The van der Waals surface area contributed by atoms with Crippen molar-refractivity contribution in [3.05, 3.63) is 113 Å². The molecule has 3 aromatic carbocycles.